The summed E-state index contributed by atoms with van der Waals surface area (Å²) in [6.45, 7) is 7.19. The fraction of sp³-hybridized carbons (Fsp3) is 0.333. The molecule has 2 amide bonds. The molecule has 1 aromatic heterocycles. The number of nitrogens with two attached hydrogens (primary N) is 1. The van der Waals surface area contributed by atoms with Crippen LogP contribution in [0.5, 0.6) is 0 Å². The molecule has 0 radical (unpaired) electrons. The lowest BCUT2D eigenvalue weighted by atomic mass is 9.85. The molecule has 1 aliphatic rings. The first-order valence-corrected chi connectivity index (χ1v) is 10.7. The number of fused-ring (bicyclic) bond motifs is 1. The third-order valence-corrected chi connectivity index (χ3v) is 5.82. The van der Waals surface area contributed by atoms with E-state index < -0.39 is 34.5 Å². The predicted octanol–water partition coefficient (Wildman–Crippen LogP) is 2.71. The molecular formula is C24H25FN4O5. The second-order valence-electron chi connectivity index (χ2n) is 9.50. The summed E-state index contributed by atoms with van der Waals surface area (Å²) in [5.74, 6) is -0.640. The number of carbonyl (C=O) groups excluding carboxylic acids is 2. The molecular weight excluding hydrogens is 443 g/mol. The number of aryl methyl sites for hydroxylation is 1. The van der Waals surface area contributed by atoms with Gasteiger partial charge in [-0.05, 0) is 36.6 Å². The number of carbonyl (C=O) groups is 2. The van der Waals surface area contributed by atoms with Crippen LogP contribution in [0.2, 0.25) is 0 Å². The molecule has 10 heteroatoms. The lowest BCUT2D eigenvalue weighted by Gasteiger charge is -2.31. The van der Waals surface area contributed by atoms with Crippen LogP contribution in [0.4, 0.5) is 21.5 Å². The molecule has 178 valence electrons. The minimum absolute atomic E-state index is 0.00530. The Balaban J connectivity index is 1.69. The molecule has 34 heavy (non-hydrogen) atoms. The van der Waals surface area contributed by atoms with Crippen molar-refractivity contribution in [3.05, 3.63) is 73.2 Å². The minimum Gasteiger partial charge on any atom is -0.464 e. The monoisotopic (exact) mass is 468 g/mol. The number of amides is 2. The SMILES string of the molecule is Cc1ccc([C@H](Nc2c(Nc3ccc(F)c4c3C(=O)N(CC(N)=O)C4)c(=O)c2=O)C(C)(C)C)o1. The summed E-state index contributed by atoms with van der Waals surface area (Å²) in [7, 11) is 0. The average Bonchev–Trinajstić information content (AvgIpc) is 3.31. The molecule has 0 fully saturated rings. The first-order chi connectivity index (χ1) is 15.9. The Bertz CT molecular complexity index is 1380. The Labute approximate surface area is 194 Å². The fourth-order valence-electron chi connectivity index (χ4n) is 4.11. The molecule has 4 rings (SSSR count). The third-order valence-electron chi connectivity index (χ3n) is 5.82. The Morgan fingerprint density at radius 1 is 1.15 bits per heavy atom. The van der Waals surface area contributed by atoms with Crippen LogP contribution in [-0.2, 0) is 11.3 Å². The summed E-state index contributed by atoms with van der Waals surface area (Å²) >= 11 is 0. The first kappa shape index (κ1) is 23.2. The zero-order valence-electron chi connectivity index (χ0n) is 19.2. The van der Waals surface area contributed by atoms with Crippen LogP contribution in [0.15, 0.2) is 38.3 Å². The minimum atomic E-state index is -0.761. The maximum absolute atomic E-state index is 14.4. The highest BCUT2D eigenvalue weighted by molar-refractivity contribution is 6.05. The van der Waals surface area contributed by atoms with Gasteiger partial charge in [0.2, 0.25) is 5.91 Å². The van der Waals surface area contributed by atoms with Crippen LogP contribution >= 0.6 is 0 Å². The van der Waals surface area contributed by atoms with Gasteiger partial charge in [0, 0.05) is 5.56 Å². The summed E-state index contributed by atoms with van der Waals surface area (Å²) < 4.78 is 20.2. The largest absolute Gasteiger partial charge is 0.464 e. The molecule has 0 saturated heterocycles. The van der Waals surface area contributed by atoms with Crippen molar-refractivity contribution in [2.24, 2.45) is 11.1 Å². The maximum atomic E-state index is 14.4. The number of nitrogens with zero attached hydrogens (tertiary/aromatic N) is 1. The van der Waals surface area contributed by atoms with Gasteiger partial charge in [-0.25, -0.2) is 4.39 Å². The van der Waals surface area contributed by atoms with Crippen LogP contribution in [0.3, 0.4) is 0 Å². The molecule has 2 aromatic carbocycles. The Hall–Kier alpha value is -3.95. The summed E-state index contributed by atoms with van der Waals surface area (Å²) in [5.41, 5.74) is 3.60. The van der Waals surface area contributed by atoms with Gasteiger partial charge in [-0.15, -0.1) is 0 Å². The molecule has 0 spiro atoms. The lowest BCUT2D eigenvalue weighted by molar-refractivity contribution is -0.118. The van der Waals surface area contributed by atoms with Gasteiger partial charge in [-0.3, -0.25) is 19.2 Å². The van der Waals surface area contributed by atoms with E-state index in [-0.39, 0.29) is 46.7 Å². The van der Waals surface area contributed by atoms with Gasteiger partial charge < -0.3 is 25.7 Å². The molecule has 9 nitrogen and oxygen atoms in total. The van der Waals surface area contributed by atoms with Gasteiger partial charge in [0.15, 0.2) is 0 Å². The van der Waals surface area contributed by atoms with Gasteiger partial charge in [-0.1, -0.05) is 20.8 Å². The van der Waals surface area contributed by atoms with Crippen molar-refractivity contribution in [2.45, 2.75) is 40.3 Å². The van der Waals surface area contributed by atoms with Crippen molar-refractivity contribution in [1.82, 2.24) is 4.90 Å². The average molecular weight is 468 g/mol. The normalized spacial score (nSPS) is 14.4. The van der Waals surface area contributed by atoms with Crippen LogP contribution in [-0.4, -0.2) is 23.3 Å². The number of furan rings is 1. The molecule has 4 N–H and O–H groups in total. The van der Waals surface area contributed by atoms with Gasteiger partial charge in [0.1, 0.15) is 28.7 Å². The number of rotatable bonds is 7. The number of hydrogen-bond acceptors (Lipinski definition) is 7. The molecule has 0 aliphatic carbocycles. The molecule has 3 aromatic rings. The highest BCUT2D eigenvalue weighted by atomic mass is 19.1. The lowest BCUT2D eigenvalue weighted by Crippen LogP contribution is -2.39. The number of hydrogen-bond donors (Lipinski definition) is 3. The zero-order valence-corrected chi connectivity index (χ0v) is 19.2. The number of primary amides is 1. The molecule has 0 saturated carbocycles. The highest BCUT2D eigenvalue weighted by Crippen LogP contribution is 2.39. The van der Waals surface area contributed by atoms with Crippen LogP contribution in [0.25, 0.3) is 0 Å². The zero-order chi connectivity index (χ0) is 24.9. The van der Waals surface area contributed by atoms with Gasteiger partial charge in [-0.2, -0.15) is 0 Å². The van der Waals surface area contributed by atoms with E-state index in [0.29, 0.717) is 11.5 Å². The highest BCUT2D eigenvalue weighted by Gasteiger charge is 2.36. The topological polar surface area (TPSA) is 135 Å². The standard InChI is InChI=1S/C24H25FN4O5/c1-11-5-8-15(34-11)22(24(2,3)4)28-19-18(20(31)21(19)32)27-14-7-6-13(25)12-9-29(10-16(26)30)23(33)17(12)14/h5-8,22,27-28H,9-10H2,1-4H3,(H2,26,30)/t22-/m0/s1. The van der Waals surface area contributed by atoms with E-state index in [0.717, 1.165) is 11.0 Å². The van der Waals surface area contributed by atoms with Gasteiger partial charge in [0.25, 0.3) is 16.8 Å². The molecule has 2 heterocycles. The molecule has 0 unspecified atom stereocenters. The van der Waals surface area contributed by atoms with E-state index >= 15 is 0 Å². The van der Waals surface area contributed by atoms with Gasteiger partial charge >= 0.3 is 0 Å². The number of halogens is 1. The van der Waals surface area contributed by atoms with Gasteiger partial charge in [0.05, 0.1) is 30.4 Å². The quantitative estimate of drug-likeness (QED) is 0.454. The Kier molecular flexibility index (Phi) is 5.55. The van der Waals surface area contributed by atoms with Crippen LogP contribution in [0, 0.1) is 18.2 Å². The van der Waals surface area contributed by atoms with Crippen molar-refractivity contribution in [3.63, 3.8) is 0 Å². The smallest absolute Gasteiger partial charge is 0.257 e. The van der Waals surface area contributed by atoms with E-state index in [2.05, 4.69) is 10.6 Å². The van der Waals surface area contributed by atoms with Crippen molar-refractivity contribution < 1.29 is 18.4 Å². The van der Waals surface area contributed by atoms with E-state index in [9.17, 15) is 23.6 Å². The molecule has 1 atom stereocenters. The maximum Gasteiger partial charge on any atom is 0.257 e. The number of benzene rings is 1. The second kappa shape index (κ2) is 8.12. The molecule has 1 aliphatic heterocycles. The van der Waals surface area contributed by atoms with Crippen molar-refractivity contribution >= 4 is 28.9 Å². The van der Waals surface area contributed by atoms with Crippen LogP contribution < -0.4 is 27.2 Å². The first-order valence-electron chi connectivity index (χ1n) is 10.7. The summed E-state index contributed by atoms with van der Waals surface area (Å²) in [6.07, 6.45) is 0. The van der Waals surface area contributed by atoms with Crippen molar-refractivity contribution in [2.75, 3.05) is 17.2 Å². The van der Waals surface area contributed by atoms with E-state index in [1.807, 2.05) is 26.8 Å². The van der Waals surface area contributed by atoms with E-state index in [1.54, 1.807) is 13.0 Å². The predicted molar refractivity (Wildman–Crippen MR) is 124 cm³/mol. The Morgan fingerprint density at radius 3 is 2.41 bits per heavy atom. The van der Waals surface area contributed by atoms with Crippen molar-refractivity contribution in [3.8, 4) is 0 Å². The second-order valence-corrected chi connectivity index (χ2v) is 9.50. The number of anilines is 3. The van der Waals surface area contributed by atoms with E-state index in [1.165, 1.54) is 6.07 Å². The summed E-state index contributed by atoms with van der Waals surface area (Å²) in [4.78, 5) is 50.1. The Morgan fingerprint density at radius 2 is 1.82 bits per heavy atom. The summed E-state index contributed by atoms with van der Waals surface area (Å²) in [6, 6.07) is 5.65. The molecule has 0 bridgehead atoms. The van der Waals surface area contributed by atoms with Crippen molar-refractivity contribution in [1.29, 1.82) is 0 Å². The van der Waals surface area contributed by atoms with Crippen LogP contribution in [0.1, 0.15) is 54.3 Å². The third kappa shape index (κ3) is 3.95. The fourth-order valence-corrected chi connectivity index (χ4v) is 4.11. The number of nitrogens with one attached hydrogen (secondary N) is 2. The summed E-state index contributed by atoms with van der Waals surface area (Å²) in [5, 5.41) is 5.96. The van der Waals surface area contributed by atoms with E-state index in [4.69, 9.17) is 10.2 Å².